The van der Waals surface area contributed by atoms with Gasteiger partial charge in [-0.1, -0.05) is 0 Å². The van der Waals surface area contributed by atoms with Gasteiger partial charge in [-0.05, 0) is 59.7 Å². The number of likely N-dealkylation sites (N-methyl/N-ethyl adjacent to an activating group) is 1. The Bertz CT molecular complexity index is 918. The van der Waals surface area contributed by atoms with E-state index in [0.29, 0.717) is 12.0 Å². The average molecular weight is 441 g/mol. The zero-order valence-electron chi connectivity index (χ0n) is 19.8. The third kappa shape index (κ3) is 5.03. The van der Waals surface area contributed by atoms with Gasteiger partial charge in [0.2, 0.25) is 5.95 Å². The summed E-state index contributed by atoms with van der Waals surface area (Å²) < 4.78 is 2.19. The van der Waals surface area contributed by atoms with E-state index >= 15 is 0 Å². The van der Waals surface area contributed by atoms with Crippen LogP contribution in [-0.2, 0) is 0 Å². The van der Waals surface area contributed by atoms with Crippen molar-refractivity contribution in [1.82, 2.24) is 34.2 Å². The third-order valence-corrected chi connectivity index (χ3v) is 6.50. The molecular formula is C23H36N8O. The number of anilines is 1. The van der Waals surface area contributed by atoms with Crippen molar-refractivity contribution >= 4 is 12.0 Å². The van der Waals surface area contributed by atoms with Crippen LogP contribution < -0.4 is 5.32 Å². The first-order valence-corrected chi connectivity index (χ1v) is 11.8. The van der Waals surface area contributed by atoms with Crippen LogP contribution in [0.25, 0.3) is 11.4 Å². The summed E-state index contributed by atoms with van der Waals surface area (Å²) in [6, 6.07) is 2.70. The Morgan fingerprint density at radius 2 is 1.81 bits per heavy atom. The van der Waals surface area contributed by atoms with Gasteiger partial charge in [0.15, 0.2) is 0 Å². The highest BCUT2D eigenvalue weighted by Gasteiger charge is 2.27. The van der Waals surface area contributed by atoms with Crippen molar-refractivity contribution in [2.24, 2.45) is 0 Å². The number of imidazole rings is 1. The summed E-state index contributed by atoms with van der Waals surface area (Å²) in [6.45, 7) is 11.5. The maximum absolute atomic E-state index is 12.9. The predicted molar refractivity (Wildman–Crippen MR) is 126 cm³/mol. The molecule has 0 aliphatic carbocycles. The number of nitrogens with zero attached hydrogens (tertiary/aromatic N) is 7. The Hall–Kier alpha value is -2.68. The molecule has 0 spiro atoms. The van der Waals surface area contributed by atoms with Gasteiger partial charge in [0.05, 0.1) is 17.6 Å². The van der Waals surface area contributed by atoms with Crippen molar-refractivity contribution in [1.29, 1.82) is 0 Å². The summed E-state index contributed by atoms with van der Waals surface area (Å²) in [4.78, 5) is 32.9. The zero-order chi connectivity index (χ0) is 22.7. The Morgan fingerprint density at radius 3 is 2.56 bits per heavy atom. The first-order valence-electron chi connectivity index (χ1n) is 11.8. The van der Waals surface area contributed by atoms with Crippen molar-refractivity contribution in [3.8, 4) is 11.4 Å². The van der Waals surface area contributed by atoms with Crippen LogP contribution in [0, 0.1) is 6.92 Å². The van der Waals surface area contributed by atoms with Gasteiger partial charge in [-0.25, -0.2) is 19.7 Å². The highest BCUT2D eigenvalue weighted by molar-refractivity contribution is 5.74. The number of amides is 2. The average Bonchev–Trinajstić information content (AvgIpc) is 3.04. The number of rotatable bonds is 4. The lowest BCUT2D eigenvalue weighted by Crippen LogP contribution is -2.49. The summed E-state index contributed by atoms with van der Waals surface area (Å²) in [7, 11) is 2.12. The Labute approximate surface area is 190 Å². The fourth-order valence-corrected chi connectivity index (χ4v) is 4.70. The van der Waals surface area contributed by atoms with Crippen LogP contribution in [0.2, 0.25) is 0 Å². The standard InChI is InChI=1S/C23H36N8O/c1-17(2)31-18(3)25-16-21(31)20-6-9-24-22(27-20)26-19-7-12-30(13-8-19)23(32)29-11-5-10-28(4)14-15-29/h6,9,16-17,19H,5,7-8,10-15H2,1-4H3,(H,24,26,27). The van der Waals surface area contributed by atoms with E-state index < -0.39 is 0 Å². The molecule has 2 aliphatic rings. The van der Waals surface area contributed by atoms with Crippen LogP contribution in [0.1, 0.15) is 45.0 Å². The van der Waals surface area contributed by atoms with Crippen molar-refractivity contribution in [3.63, 3.8) is 0 Å². The zero-order valence-corrected chi connectivity index (χ0v) is 19.8. The predicted octanol–water partition coefficient (Wildman–Crippen LogP) is 2.86. The molecule has 2 aromatic heterocycles. The van der Waals surface area contributed by atoms with Crippen molar-refractivity contribution in [3.05, 3.63) is 24.3 Å². The minimum Gasteiger partial charge on any atom is -0.351 e. The number of nitrogens with one attached hydrogen (secondary N) is 1. The molecule has 0 aromatic carbocycles. The summed E-state index contributed by atoms with van der Waals surface area (Å²) in [5.74, 6) is 1.62. The SMILES string of the molecule is Cc1ncc(-c2ccnc(NC3CCN(C(=O)N4CCCN(C)CC4)CC3)n2)n1C(C)C. The Kier molecular flexibility index (Phi) is 6.93. The lowest BCUT2D eigenvalue weighted by atomic mass is 10.1. The maximum atomic E-state index is 12.9. The quantitative estimate of drug-likeness (QED) is 0.787. The van der Waals surface area contributed by atoms with Crippen molar-refractivity contribution in [2.45, 2.75) is 52.1 Å². The Morgan fingerprint density at radius 1 is 1.06 bits per heavy atom. The lowest BCUT2D eigenvalue weighted by molar-refractivity contribution is 0.143. The molecule has 4 heterocycles. The summed E-state index contributed by atoms with van der Waals surface area (Å²) >= 11 is 0. The van der Waals surface area contributed by atoms with E-state index in [1.807, 2.05) is 29.0 Å². The van der Waals surface area contributed by atoms with Crippen LogP contribution in [0.3, 0.4) is 0 Å². The molecule has 0 radical (unpaired) electrons. The van der Waals surface area contributed by atoms with E-state index in [1.54, 1.807) is 6.20 Å². The number of piperidine rings is 1. The van der Waals surface area contributed by atoms with E-state index in [-0.39, 0.29) is 12.1 Å². The highest BCUT2D eigenvalue weighted by Crippen LogP contribution is 2.24. The fourth-order valence-electron chi connectivity index (χ4n) is 4.70. The normalized spacial score (nSPS) is 18.8. The molecule has 0 bridgehead atoms. The second-order valence-corrected chi connectivity index (χ2v) is 9.25. The van der Waals surface area contributed by atoms with Gasteiger partial charge < -0.3 is 24.6 Å². The molecule has 2 aromatic rings. The minimum absolute atomic E-state index is 0.189. The van der Waals surface area contributed by atoms with Crippen molar-refractivity contribution < 1.29 is 4.79 Å². The molecule has 9 heteroatoms. The topological polar surface area (TPSA) is 82.4 Å². The molecule has 9 nitrogen and oxygen atoms in total. The number of carbonyl (C=O) groups is 1. The molecule has 2 amide bonds. The minimum atomic E-state index is 0.189. The molecule has 174 valence electrons. The number of aryl methyl sites for hydroxylation is 1. The van der Waals surface area contributed by atoms with Crippen LogP contribution in [-0.4, -0.2) is 92.6 Å². The molecule has 4 rings (SSSR count). The number of hydrogen-bond donors (Lipinski definition) is 1. The molecule has 2 aliphatic heterocycles. The highest BCUT2D eigenvalue weighted by atomic mass is 16.2. The molecule has 32 heavy (non-hydrogen) atoms. The number of carbonyl (C=O) groups excluding carboxylic acids is 1. The first-order chi connectivity index (χ1) is 15.4. The van der Waals surface area contributed by atoms with Gasteiger partial charge in [-0.3, -0.25) is 0 Å². The summed E-state index contributed by atoms with van der Waals surface area (Å²) in [5, 5.41) is 3.49. The fraction of sp³-hybridized carbons (Fsp3) is 0.652. The summed E-state index contributed by atoms with van der Waals surface area (Å²) in [5.41, 5.74) is 1.88. The van der Waals surface area contributed by atoms with Crippen molar-refractivity contribution in [2.75, 3.05) is 51.6 Å². The second-order valence-electron chi connectivity index (χ2n) is 9.25. The second kappa shape index (κ2) is 9.85. The monoisotopic (exact) mass is 440 g/mol. The van der Waals surface area contributed by atoms with Crippen LogP contribution in [0.15, 0.2) is 18.5 Å². The van der Waals surface area contributed by atoms with E-state index in [0.717, 1.165) is 75.7 Å². The molecule has 0 saturated carbocycles. The van der Waals surface area contributed by atoms with E-state index in [1.165, 1.54) is 0 Å². The smallest absolute Gasteiger partial charge is 0.320 e. The van der Waals surface area contributed by atoms with Gasteiger partial charge in [-0.15, -0.1) is 0 Å². The molecule has 1 N–H and O–H groups in total. The molecule has 2 fully saturated rings. The number of aromatic nitrogens is 4. The van der Waals surface area contributed by atoms with Crippen LogP contribution >= 0.6 is 0 Å². The molecule has 0 atom stereocenters. The van der Waals surface area contributed by atoms with Gasteiger partial charge in [0.25, 0.3) is 0 Å². The molecule has 0 unspecified atom stereocenters. The van der Waals surface area contributed by atoms with Gasteiger partial charge in [0.1, 0.15) is 5.82 Å². The van der Waals surface area contributed by atoms with Gasteiger partial charge in [-0.2, -0.15) is 0 Å². The summed E-state index contributed by atoms with van der Waals surface area (Å²) in [6.07, 6.45) is 6.52. The van der Waals surface area contributed by atoms with Crippen LogP contribution in [0.5, 0.6) is 0 Å². The van der Waals surface area contributed by atoms with E-state index in [2.05, 4.69) is 45.6 Å². The number of hydrogen-bond acceptors (Lipinski definition) is 6. The lowest BCUT2D eigenvalue weighted by Gasteiger charge is -2.35. The molecular weight excluding hydrogens is 404 g/mol. The van der Waals surface area contributed by atoms with Gasteiger partial charge >= 0.3 is 6.03 Å². The molecule has 2 saturated heterocycles. The van der Waals surface area contributed by atoms with Crippen LogP contribution in [0.4, 0.5) is 10.7 Å². The third-order valence-electron chi connectivity index (χ3n) is 6.50. The number of urea groups is 1. The van der Waals surface area contributed by atoms with Gasteiger partial charge in [0, 0.05) is 51.0 Å². The first kappa shape index (κ1) is 22.5. The van der Waals surface area contributed by atoms with E-state index in [4.69, 9.17) is 4.98 Å². The van der Waals surface area contributed by atoms with E-state index in [9.17, 15) is 4.79 Å². The Balaban J connectivity index is 1.35. The number of likely N-dealkylation sites (tertiary alicyclic amines) is 1. The maximum Gasteiger partial charge on any atom is 0.320 e. The largest absolute Gasteiger partial charge is 0.351 e.